The lowest BCUT2D eigenvalue weighted by Gasteiger charge is -2.01. The van der Waals surface area contributed by atoms with Crippen molar-refractivity contribution < 1.29 is 19.4 Å². The van der Waals surface area contributed by atoms with Crippen LogP contribution in [0.1, 0.15) is 24.0 Å². The molecule has 2 N–H and O–H groups in total. The highest BCUT2D eigenvalue weighted by Crippen LogP contribution is 2.12. The van der Waals surface area contributed by atoms with E-state index < -0.39 is 11.8 Å². The maximum atomic E-state index is 13.5. The standard InChI is InChI=1S/C13H13FO3/c14-12-9-10(3-1-2-8-15)4-5-11(12)6-7-13(16)17/h4-5,9,15H,2,6-8H2,(H,16,17). The zero-order valence-corrected chi connectivity index (χ0v) is 9.24. The van der Waals surface area contributed by atoms with Gasteiger partial charge in [0, 0.05) is 18.4 Å². The van der Waals surface area contributed by atoms with E-state index in [1.54, 1.807) is 12.1 Å². The SMILES string of the molecule is O=C(O)CCc1ccc(C#CCCO)cc1F. The van der Waals surface area contributed by atoms with Gasteiger partial charge >= 0.3 is 5.97 Å². The van der Waals surface area contributed by atoms with Crippen LogP contribution in [0.5, 0.6) is 0 Å². The summed E-state index contributed by atoms with van der Waals surface area (Å²) in [5.41, 5.74) is 0.898. The summed E-state index contributed by atoms with van der Waals surface area (Å²) in [5.74, 6) is 4.01. The minimum Gasteiger partial charge on any atom is -0.481 e. The average Bonchev–Trinajstić information content (AvgIpc) is 2.28. The molecule has 0 atom stereocenters. The number of carboxylic acid groups (broad SMARTS) is 1. The molecule has 0 aliphatic carbocycles. The Morgan fingerprint density at radius 2 is 2.18 bits per heavy atom. The molecule has 0 bridgehead atoms. The van der Waals surface area contributed by atoms with Gasteiger partial charge in [0.2, 0.25) is 0 Å². The fourth-order valence-electron chi connectivity index (χ4n) is 1.29. The van der Waals surface area contributed by atoms with Crippen molar-refractivity contribution in [1.29, 1.82) is 0 Å². The molecule has 0 amide bonds. The number of aryl methyl sites for hydroxylation is 1. The largest absolute Gasteiger partial charge is 0.481 e. The molecule has 0 aromatic heterocycles. The summed E-state index contributed by atoms with van der Waals surface area (Å²) in [6, 6.07) is 4.47. The number of rotatable bonds is 4. The molecule has 1 rings (SSSR count). The van der Waals surface area contributed by atoms with E-state index in [0.29, 0.717) is 17.5 Å². The Labute approximate surface area is 98.9 Å². The molecule has 0 aliphatic rings. The molecule has 0 saturated heterocycles. The number of carboxylic acids is 1. The minimum absolute atomic E-state index is 0.0216. The lowest BCUT2D eigenvalue weighted by Crippen LogP contribution is -1.99. The summed E-state index contributed by atoms with van der Waals surface area (Å²) in [5, 5.41) is 17.0. The first-order valence-electron chi connectivity index (χ1n) is 5.23. The van der Waals surface area contributed by atoms with Crippen molar-refractivity contribution in [2.24, 2.45) is 0 Å². The fraction of sp³-hybridized carbons (Fsp3) is 0.308. The molecule has 0 heterocycles. The number of hydrogen-bond donors (Lipinski definition) is 2. The smallest absolute Gasteiger partial charge is 0.303 e. The van der Waals surface area contributed by atoms with Crippen molar-refractivity contribution in [3.63, 3.8) is 0 Å². The lowest BCUT2D eigenvalue weighted by atomic mass is 10.1. The second-order valence-corrected chi connectivity index (χ2v) is 3.48. The number of halogens is 1. The van der Waals surface area contributed by atoms with Crippen LogP contribution >= 0.6 is 0 Å². The molecular weight excluding hydrogens is 223 g/mol. The zero-order chi connectivity index (χ0) is 12.7. The topological polar surface area (TPSA) is 57.5 Å². The molecule has 3 nitrogen and oxygen atoms in total. The highest BCUT2D eigenvalue weighted by Gasteiger charge is 2.05. The molecule has 0 unspecified atom stereocenters. The Morgan fingerprint density at radius 3 is 2.76 bits per heavy atom. The first-order chi connectivity index (χ1) is 8.13. The van der Waals surface area contributed by atoms with Crippen molar-refractivity contribution in [3.05, 3.63) is 35.1 Å². The van der Waals surface area contributed by atoms with Crippen molar-refractivity contribution in [2.45, 2.75) is 19.3 Å². The summed E-state index contributed by atoms with van der Waals surface area (Å²) < 4.78 is 13.5. The van der Waals surface area contributed by atoms with Crippen molar-refractivity contribution in [2.75, 3.05) is 6.61 Å². The Hall–Kier alpha value is -1.86. The van der Waals surface area contributed by atoms with Crippen molar-refractivity contribution >= 4 is 5.97 Å². The maximum Gasteiger partial charge on any atom is 0.303 e. The molecule has 17 heavy (non-hydrogen) atoms. The van der Waals surface area contributed by atoms with Crippen LogP contribution in [-0.4, -0.2) is 22.8 Å². The van der Waals surface area contributed by atoms with Crippen LogP contribution in [0.25, 0.3) is 0 Å². The van der Waals surface area contributed by atoms with Crippen molar-refractivity contribution in [1.82, 2.24) is 0 Å². The van der Waals surface area contributed by atoms with Crippen LogP contribution in [0.3, 0.4) is 0 Å². The average molecular weight is 236 g/mol. The highest BCUT2D eigenvalue weighted by atomic mass is 19.1. The summed E-state index contributed by atoms with van der Waals surface area (Å²) in [6.07, 6.45) is 0.431. The Morgan fingerprint density at radius 1 is 1.41 bits per heavy atom. The van der Waals surface area contributed by atoms with E-state index >= 15 is 0 Å². The van der Waals surface area contributed by atoms with Gasteiger partial charge in [-0.1, -0.05) is 17.9 Å². The molecular formula is C13H13FO3. The van der Waals surface area contributed by atoms with Gasteiger partial charge in [-0.3, -0.25) is 4.79 Å². The third-order valence-electron chi connectivity index (χ3n) is 2.13. The van der Waals surface area contributed by atoms with Gasteiger partial charge in [-0.2, -0.15) is 0 Å². The number of carbonyl (C=O) groups is 1. The van der Waals surface area contributed by atoms with Crippen LogP contribution in [0.2, 0.25) is 0 Å². The monoisotopic (exact) mass is 236 g/mol. The first-order valence-corrected chi connectivity index (χ1v) is 5.23. The quantitative estimate of drug-likeness (QED) is 0.780. The Bertz CT molecular complexity index is 457. The predicted octanol–water partition coefficient (Wildman–Crippen LogP) is 1.58. The summed E-state index contributed by atoms with van der Waals surface area (Å²) in [4.78, 5) is 10.4. The second kappa shape index (κ2) is 6.66. The van der Waals surface area contributed by atoms with Crippen LogP contribution < -0.4 is 0 Å². The normalized spacial score (nSPS) is 9.53. The van der Waals surface area contributed by atoms with E-state index in [-0.39, 0.29) is 19.4 Å². The van der Waals surface area contributed by atoms with Gasteiger partial charge in [-0.05, 0) is 24.1 Å². The number of hydrogen-bond acceptors (Lipinski definition) is 2. The van der Waals surface area contributed by atoms with E-state index in [2.05, 4.69) is 11.8 Å². The van der Waals surface area contributed by atoms with Gasteiger partial charge in [0.25, 0.3) is 0 Å². The molecule has 0 saturated carbocycles. The van der Waals surface area contributed by atoms with Gasteiger partial charge < -0.3 is 10.2 Å². The molecule has 0 radical (unpaired) electrons. The van der Waals surface area contributed by atoms with E-state index in [0.717, 1.165) is 0 Å². The van der Waals surface area contributed by atoms with E-state index in [1.807, 2.05) is 0 Å². The zero-order valence-electron chi connectivity index (χ0n) is 9.24. The first kappa shape index (κ1) is 13.2. The number of aliphatic hydroxyl groups is 1. The van der Waals surface area contributed by atoms with Gasteiger partial charge in [0.1, 0.15) is 5.82 Å². The third kappa shape index (κ3) is 4.66. The third-order valence-corrected chi connectivity index (χ3v) is 2.13. The lowest BCUT2D eigenvalue weighted by molar-refractivity contribution is -0.136. The van der Waals surface area contributed by atoms with Crippen LogP contribution in [-0.2, 0) is 11.2 Å². The molecule has 90 valence electrons. The van der Waals surface area contributed by atoms with E-state index in [1.165, 1.54) is 6.07 Å². The highest BCUT2D eigenvalue weighted by molar-refractivity contribution is 5.67. The van der Waals surface area contributed by atoms with Crippen LogP contribution in [0.4, 0.5) is 4.39 Å². The Balaban J connectivity index is 2.73. The molecule has 0 aliphatic heterocycles. The minimum atomic E-state index is -0.948. The molecule has 1 aromatic carbocycles. The maximum absolute atomic E-state index is 13.5. The molecule has 0 fully saturated rings. The second-order valence-electron chi connectivity index (χ2n) is 3.48. The van der Waals surface area contributed by atoms with Crippen molar-refractivity contribution in [3.8, 4) is 11.8 Å². The number of benzene rings is 1. The summed E-state index contributed by atoms with van der Waals surface area (Å²) in [6.45, 7) is -0.0216. The number of aliphatic carboxylic acids is 1. The van der Waals surface area contributed by atoms with Gasteiger partial charge in [-0.25, -0.2) is 4.39 Å². The molecule has 0 spiro atoms. The summed E-state index contributed by atoms with van der Waals surface area (Å²) >= 11 is 0. The fourth-order valence-corrected chi connectivity index (χ4v) is 1.29. The van der Waals surface area contributed by atoms with E-state index in [9.17, 15) is 9.18 Å². The number of aliphatic hydroxyl groups excluding tert-OH is 1. The van der Waals surface area contributed by atoms with Gasteiger partial charge in [-0.15, -0.1) is 0 Å². The predicted molar refractivity (Wildman–Crippen MR) is 60.9 cm³/mol. The van der Waals surface area contributed by atoms with E-state index in [4.69, 9.17) is 10.2 Å². The van der Waals surface area contributed by atoms with Crippen LogP contribution in [0.15, 0.2) is 18.2 Å². The Kier molecular flexibility index (Phi) is 5.18. The van der Waals surface area contributed by atoms with Crippen LogP contribution in [0, 0.1) is 17.7 Å². The molecule has 4 heteroatoms. The van der Waals surface area contributed by atoms with Gasteiger partial charge in [0.15, 0.2) is 0 Å². The van der Waals surface area contributed by atoms with Gasteiger partial charge in [0.05, 0.1) is 6.61 Å². The molecule has 1 aromatic rings. The summed E-state index contributed by atoms with van der Waals surface area (Å²) in [7, 11) is 0.